The molecule has 1 aromatic carbocycles. The van der Waals surface area contributed by atoms with Gasteiger partial charge in [-0.05, 0) is 37.0 Å². The van der Waals surface area contributed by atoms with E-state index < -0.39 is 4.92 Å². The van der Waals surface area contributed by atoms with Crippen molar-refractivity contribution >= 4 is 11.5 Å². The molecule has 1 aromatic heterocycles. The number of carbonyl (C=O) groups is 1. The van der Waals surface area contributed by atoms with Crippen LogP contribution < -0.4 is 0 Å². The first kappa shape index (κ1) is 14.5. The summed E-state index contributed by atoms with van der Waals surface area (Å²) in [5.41, 5.74) is 3.63. The summed E-state index contributed by atoms with van der Waals surface area (Å²) in [7, 11) is 0. The van der Waals surface area contributed by atoms with Crippen molar-refractivity contribution < 1.29 is 9.72 Å². The lowest BCUT2D eigenvalue weighted by Gasteiger charge is -2.29. The summed E-state index contributed by atoms with van der Waals surface area (Å²) in [6.45, 7) is 6.15. The molecule has 0 spiro atoms. The summed E-state index contributed by atoms with van der Waals surface area (Å²) in [6, 6.07) is 8.39. The number of non-ortho nitro benzene ring substituents is 1. The van der Waals surface area contributed by atoms with Crippen molar-refractivity contribution in [2.45, 2.75) is 33.6 Å². The fraction of sp³-hybridized carbons (Fsp3) is 0.353. The van der Waals surface area contributed by atoms with Gasteiger partial charge in [-0.1, -0.05) is 13.8 Å². The van der Waals surface area contributed by atoms with E-state index in [1.54, 1.807) is 12.1 Å². The van der Waals surface area contributed by atoms with E-state index in [4.69, 9.17) is 0 Å². The molecule has 0 aliphatic heterocycles. The zero-order valence-electron chi connectivity index (χ0n) is 12.9. The number of hydrogen-bond acceptors (Lipinski definition) is 3. The molecule has 3 rings (SSSR count). The molecular formula is C17H18N2O3. The van der Waals surface area contributed by atoms with Gasteiger partial charge in [0.25, 0.3) is 5.69 Å². The highest BCUT2D eigenvalue weighted by Crippen LogP contribution is 2.37. The Morgan fingerprint density at radius 2 is 1.82 bits per heavy atom. The molecule has 1 heterocycles. The van der Waals surface area contributed by atoms with Gasteiger partial charge in [0.2, 0.25) is 0 Å². The summed E-state index contributed by atoms with van der Waals surface area (Å²) in [6.07, 6.45) is 1.38. The number of Topliss-reactive ketones (excluding diaryl/α,β-unsaturated/α-hetero) is 1. The Hall–Kier alpha value is -2.43. The quantitative estimate of drug-likeness (QED) is 0.625. The fourth-order valence-corrected chi connectivity index (χ4v) is 3.23. The number of nitro groups is 1. The number of hydrogen-bond donors (Lipinski definition) is 0. The molecule has 1 aliphatic carbocycles. The minimum Gasteiger partial charge on any atom is -0.317 e. The lowest BCUT2D eigenvalue weighted by molar-refractivity contribution is -0.384. The molecule has 2 aromatic rings. The molecule has 0 bridgehead atoms. The van der Waals surface area contributed by atoms with Crippen LogP contribution in [0.25, 0.3) is 5.69 Å². The van der Waals surface area contributed by atoms with Crippen molar-refractivity contribution in [1.82, 2.24) is 4.57 Å². The average Bonchev–Trinajstić information content (AvgIpc) is 2.74. The van der Waals surface area contributed by atoms with Crippen LogP contribution in [0.2, 0.25) is 0 Å². The maximum absolute atomic E-state index is 12.3. The van der Waals surface area contributed by atoms with Gasteiger partial charge in [0, 0.05) is 41.2 Å². The van der Waals surface area contributed by atoms with Crippen molar-refractivity contribution in [1.29, 1.82) is 0 Å². The molecule has 0 saturated heterocycles. The molecule has 114 valence electrons. The summed E-state index contributed by atoms with van der Waals surface area (Å²) >= 11 is 0. The number of ketones is 1. The Morgan fingerprint density at radius 1 is 1.18 bits per heavy atom. The zero-order valence-corrected chi connectivity index (χ0v) is 12.9. The monoisotopic (exact) mass is 298 g/mol. The minimum absolute atomic E-state index is 0.0621. The molecule has 1 aliphatic rings. The van der Waals surface area contributed by atoms with E-state index in [0.29, 0.717) is 6.42 Å². The zero-order chi connectivity index (χ0) is 16.1. The molecule has 0 amide bonds. The third kappa shape index (κ3) is 2.32. The lowest BCUT2D eigenvalue weighted by atomic mass is 9.76. The van der Waals surface area contributed by atoms with Crippen LogP contribution in [0, 0.1) is 22.5 Å². The Morgan fingerprint density at radius 3 is 2.41 bits per heavy atom. The molecule has 0 unspecified atom stereocenters. The third-order valence-corrected chi connectivity index (χ3v) is 4.19. The van der Waals surface area contributed by atoms with Crippen LogP contribution in [0.4, 0.5) is 5.69 Å². The first-order chi connectivity index (χ1) is 10.3. The maximum atomic E-state index is 12.3. The van der Waals surface area contributed by atoms with Crippen LogP contribution in [0.5, 0.6) is 0 Å². The van der Waals surface area contributed by atoms with E-state index in [2.05, 4.69) is 13.8 Å². The van der Waals surface area contributed by atoms with Gasteiger partial charge in [0.15, 0.2) is 5.78 Å². The van der Waals surface area contributed by atoms with E-state index >= 15 is 0 Å². The van der Waals surface area contributed by atoms with Crippen LogP contribution in [-0.2, 0) is 6.42 Å². The molecule has 5 nitrogen and oxygen atoms in total. The number of aromatic nitrogens is 1. The molecule has 0 atom stereocenters. The van der Waals surface area contributed by atoms with Gasteiger partial charge in [-0.3, -0.25) is 14.9 Å². The predicted octanol–water partition coefficient (Wildman–Crippen LogP) is 3.85. The van der Waals surface area contributed by atoms with Crippen molar-refractivity contribution in [2.24, 2.45) is 5.41 Å². The summed E-state index contributed by atoms with van der Waals surface area (Å²) < 4.78 is 2.04. The Kier molecular flexibility index (Phi) is 3.16. The third-order valence-electron chi connectivity index (χ3n) is 4.19. The van der Waals surface area contributed by atoms with E-state index in [1.807, 2.05) is 17.6 Å². The first-order valence-electron chi connectivity index (χ1n) is 7.28. The van der Waals surface area contributed by atoms with E-state index in [1.165, 1.54) is 12.1 Å². The highest BCUT2D eigenvalue weighted by atomic mass is 16.6. The van der Waals surface area contributed by atoms with Gasteiger partial charge in [-0.15, -0.1) is 0 Å². The van der Waals surface area contributed by atoms with Crippen molar-refractivity contribution in [2.75, 3.05) is 0 Å². The largest absolute Gasteiger partial charge is 0.317 e. The lowest BCUT2D eigenvalue weighted by Crippen LogP contribution is -2.27. The van der Waals surface area contributed by atoms with Crippen molar-refractivity contribution in [3.05, 3.63) is 57.4 Å². The second-order valence-electron chi connectivity index (χ2n) is 6.70. The smallest absolute Gasteiger partial charge is 0.269 e. The van der Waals surface area contributed by atoms with Crippen LogP contribution >= 0.6 is 0 Å². The fourth-order valence-electron chi connectivity index (χ4n) is 3.23. The van der Waals surface area contributed by atoms with Crippen LogP contribution in [0.15, 0.2) is 30.3 Å². The van der Waals surface area contributed by atoms with E-state index in [-0.39, 0.29) is 16.9 Å². The summed E-state index contributed by atoms with van der Waals surface area (Å²) in [5.74, 6) is 0.176. The summed E-state index contributed by atoms with van der Waals surface area (Å²) in [5, 5.41) is 10.8. The van der Waals surface area contributed by atoms with Gasteiger partial charge in [0.1, 0.15) is 0 Å². The second kappa shape index (κ2) is 4.80. The van der Waals surface area contributed by atoms with Crippen molar-refractivity contribution in [3.63, 3.8) is 0 Å². The normalized spacial score (nSPS) is 16.4. The van der Waals surface area contributed by atoms with E-state index in [9.17, 15) is 14.9 Å². The number of nitrogens with zero attached hydrogens (tertiary/aromatic N) is 2. The standard InChI is InChI=1S/C17H18N2O3/c1-11-8-14-15(9-17(2,3)10-16(14)20)18(11)12-4-6-13(7-5-12)19(21)22/h4-8H,9-10H2,1-3H3. The van der Waals surface area contributed by atoms with Gasteiger partial charge < -0.3 is 4.57 Å². The van der Waals surface area contributed by atoms with Crippen LogP contribution in [0.3, 0.4) is 0 Å². The van der Waals surface area contributed by atoms with Gasteiger partial charge in [0.05, 0.1) is 4.92 Å². The highest BCUT2D eigenvalue weighted by Gasteiger charge is 2.34. The van der Waals surface area contributed by atoms with Gasteiger partial charge in [-0.25, -0.2) is 0 Å². The van der Waals surface area contributed by atoms with Crippen LogP contribution in [0.1, 0.15) is 42.0 Å². The number of benzene rings is 1. The maximum Gasteiger partial charge on any atom is 0.269 e. The molecule has 0 radical (unpaired) electrons. The number of nitro benzene ring substituents is 1. The van der Waals surface area contributed by atoms with Gasteiger partial charge in [-0.2, -0.15) is 0 Å². The molecule has 0 N–H and O–H groups in total. The number of rotatable bonds is 2. The van der Waals surface area contributed by atoms with Gasteiger partial charge >= 0.3 is 0 Å². The van der Waals surface area contributed by atoms with Crippen LogP contribution in [-0.4, -0.2) is 15.3 Å². The number of aryl methyl sites for hydroxylation is 1. The number of carbonyl (C=O) groups excluding carboxylic acids is 1. The minimum atomic E-state index is -0.408. The SMILES string of the molecule is Cc1cc2c(n1-c1ccc([N+](=O)[O-])cc1)CC(C)(C)CC2=O. The molecule has 5 heteroatoms. The Labute approximate surface area is 128 Å². The Balaban J connectivity index is 2.12. The predicted molar refractivity (Wildman–Crippen MR) is 83.6 cm³/mol. The Bertz CT molecular complexity index is 770. The topological polar surface area (TPSA) is 65.1 Å². The van der Waals surface area contributed by atoms with Crippen molar-refractivity contribution in [3.8, 4) is 5.69 Å². The number of fused-ring (bicyclic) bond motifs is 1. The average molecular weight is 298 g/mol. The highest BCUT2D eigenvalue weighted by molar-refractivity contribution is 5.99. The molecule has 0 saturated carbocycles. The molecular weight excluding hydrogens is 280 g/mol. The van der Waals surface area contributed by atoms with E-state index in [0.717, 1.165) is 29.1 Å². The first-order valence-corrected chi connectivity index (χ1v) is 7.28. The summed E-state index contributed by atoms with van der Waals surface area (Å²) in [4.78, 5) is 22.7. The molecule has 0 fully saturated rings. The molecule has 22 heavy (non-hydrogen) atoms. The second-order valence-corrected chi connectivity index (χ2v) is 6.70.